The highest BCUT2D eigenvalue weighted by molar-refractivity contribution is 5.83. The van der Waals surface area contributed by atoms with Gasteiger partial charge in [-0.2, -0.15) is 15.5 Å². The first-order valence-corrected chi connectivity index (χ1v) is 9.72. The molecule has 4 aromatic rings. The third-order valence-electron chi connectivity index (χ3n) is 5.32. The minimum atomic E-state index is 0.491. The van der Waals surface area contributed by atoms with Gasteiger partial charge in [-0.1, -0.05) is 0 Å². The van der Waals surface area contributed by atoms with Crippen LogP contribution in [0.5, 0.6) is 0 Å². The molecule has 0 N–H and O–H groups in total. The van der Waals surface area contributed by atoms with Crippen molar-refractivity contribution in [1.82, 2.24) is 29.4 Å². The number of fused-ring (bicyclic) bond motifs is 1. The lowest BCUT2D eigenvalue weighted by atomic mass is 10.1. The first-order valence-electron chi connectivity index (χ1n) is 9.72. The Balaban J connectivity index is 1.62. The summed E-state index contributed by atoms with van der Waals surface area (Å²) in [6.07, 6.45) is 12.6. The monoisotopic (exact) mass is 384 g/mol. The summed E-state index contributed by atoms with van der Waals surface area (Å²) in [5.74, 6) is 0.988. The fourth-order valence-corrected chi connectivity index (χ4v) is 3.83. The Hall–Kier alpha value is -3.73. The molecule has 0 bridgehead atoms. The van der Waals surface area contributed by atoms with Crippen molar-refractivity contribution in [3.63, 3.8) is 0 Å². The van der Waals surface area contributed by atoms with Gasteiger partial charge in [-0.05, 0) is 31.4 Å². The van der Waals surface area contributed by atoms with Crippen LogP contribution >= 0.6 is 0 Å². The summed E-state index contributed by atoms with van der Waals surface area (Å²) in [6, 6.07) is 6.29. The number of nitrogens with zero attached hydrogens (tertiary/aromatic N) is 8. The second-order valence-corrected chi connectivity index (χ2v) is 7.29. The summed E-state index contributed by atoms with van der Waals surface area (Å²) in [5, 5.41) is 18.1. The number of aromatic nitrogens is 6. The van der Waals surface area contributed by atoms with E-state index in [0.29, 0.717) is 16.8 Å². The maximum atomic E-state index is 9.53. The molecule has 0 aromatic carbocycles. The summed E-state index contributed by atoms with van der Waals surface area (Å²) in [5.41, 5.74) is 4.37. The van der Waals surface area contributed by atoms with Crippen LogP contribution in [0.3, 0.4) is 0 Å². The molecule has 144 valence electrons. The maximum Gasteiger partial charge on any atom is 0.128 e. The van der Waals surface area contributed by atoms with Gasteiger partial charge in [0.15, 0.2) is 0 Å². The summed E-state index contributed by atoms with van der Waals surface area (Å²) in [6.45, 7) is 2.10. The number of hydrogen-bond acceptors (Lipinski definition) is 6. The van der Waals surface area contributed by atoms with Gasteiger partial charge in [-0.15, -0.1) is 0 Å². The third-order valence-corrected chi connectivity index (χ3v) is 5.32. The van der Waals surface area contributed by atoms with Crippen molar-refractivity contribution >= 4 is 11.3 Å². The van der Waals surface area contributed by atoms with Crippen molar-refractivity contribution in [1.29, 1.82) is 5.26 Å². The highest BCUT2D eigenvalue weighted by atomic mass is 15.2. The minimum Gasteiger partial charge on any atom is -0.357 e. The smallest absolute Gasteiger partial charge is 0.128 e. The molecule has 0 spiro atoms. The van der Waals surface area contributed by atoms with Crippen LogP contribution in [0.1, 0.15) is 24.8 Å². The first-order chi connectivity index (χ1) is 14.2. The molecule has 1 aliphatic rings. The quantitative estimate of drug-likeness (QED) is 0.539. The van der Waals surface area contributed by atoms with Crippen LogP contribution in [0, 0.1) is 11.3 Å². The Morgan fingerprint density at radius 3 is 2.52 bits per heavy atom. The van der Waals surface area contributed by atoms with Crippen molar-refractivity contribution in [2.75, 3.05) is 18.0 Å². The van der Waals surface area contributed by atoms with Crippen molar-refractivity contribution in [3.05, 3.63) is 48.7 Å². The molecule has 1 fully saturated rings. The maximum absolute atomic E-state index is 9.53. The number of anilines is 1. The second-order valence-electron chi connectivity index (χ2n) is 7.29. The SMILES string of the molecule is Cn1cc(-c2cn3ncc(C#N)c3c(-c3ccc(N4CCCCC4)nc3)n2)cn1. The first kappa shape index (κ1) is 17.4. The van der Waals surface area contributed by atoms with Gasteiger partial charge in [-0.25, -0.2) is 14.5 Å². The Labute approximate surface area is 168 Å². The lowest BCUT2D eigenvalue weighted by molar-refractivity contribution is 0.573. The summed E-state index contributed by atoms with van der Waals surface area (Å²) in [4.78, 5) is 11.9. The lowest BCUT2D eigenvalue weighted by Crippen LogP contribution is -2.29. The van der Waals surface area contributed by atoms with E-state index in [1.165, 1.54) is 19.3 Å². The summed E-state index contributed by atoms with van der Waals surface area (Å²) in [7, 11) is 1.87. The van der Waals surface area contributed by atoms with E-state index in [4.69, 9.17) is 4.98 Å². The van der Waals surface area contributed by atoms with Crippen LogP contribution in [0.15, 0.2) is 43.1 Å². The van der Waals surface area contributed by atoms with Crippen molar-refractivity contribution < 1.29 is 0 Å². The van der Waals surface area contributed by atoms with E-state index in [0.717, 1.165) is 35.7 Å². The molecule has 0 unspecified atom stereocenters. The van der Waals surface area contributed by atoms with Gasteiger partial charge in [0.2, 0.25) is 0 Å². The molecule has 0 amide bonds. The molecule has 29 heavy (non-hydrogen) atoms. The van der Waals surface area contributed by atoms with Gasteiger partial charge in [0.25, 0.3) is 0 Å². The van der Waals surface area contributed by atoms with Crippen molar-refractivity contribution in [3.8, 4) is 28.6 Å². The molecule has 8 nitrogen and oxygen atoms in total. The molecular weight excluding hydrogens is 364 g/mol. The zero-order chi connectivity index (χ0) is 19.8. The predicted octanol–water partition coefficient (Wildman–Crippen LogP) is 3.05. The van der Waals surface area contributed by atoms with Crippen LogP contribution in [0.4, 0.5) is 5.82 Å². The third kappa shape index (κ3) is 3.10. The fraction of sp³-hybridized carbons (Fsp3) is 0.286. The molecule has 5 heterocycles. The molecular formula is C21H20N8. The Kier molecular flexibility index (Phi) is 4.21. The van der Waals surface area contributed by atoms with Gasteiger partial charge in [0.05, 0.1) is 30.0 Å². The van der Waals surface area contributed by atoms with Crippen LogP contribution in [0.2, 0.25) is 0 Å². The molecule has 0 radical (unpaired) electrons. The van der Waals surface area contributed by atoms with Gasteiger partial charge < -0.3 is 4.90 Å². The minimum absolute atomic E-state index is 0.491. The molecule has 1 aliphatic heterocycles. The normalized spacial score (nSPS) is 14.3. The van der Waals surface area contributed by atoms with E-state index in [9.17, 15) is 5.26 Å². The number of piperidine rings is 1. The average molecular weight is 384 g/mol. The van der Waals surface area contributed by atoms with Crippen LogP contribution in [-0.2, 0) is 7.05 Å². The topological polar surface area (TPSA) is 87.9 Å². The Morgan fingerprint density at radius 1 is 0.966 bits per heavy atom. The number of nitriles is 1. The number of pyridine rings is 1. The van der Waals surface area contributed by atoms with Crippen LogP contribution in [-0.4, -0.2) is 42.5 Å². The average Bonchev–Trinajstić information content (AvgIpc) is 3.40. The Morgan fingerprint density at radius 2 is 1.83 bits per heavy atom. The van der Waals surface area contributed by atoms with Gasteiger partial charge in [0.1, 0.15) is 23.0 Å². The van der Waals surface area contributed by atoms with Gasteiger partial charge in [0, 0.05) is 43.7 Å². The van der Waals surface area contributed by atoms with E-state index in [-0.39, 0.29) is 0 Å². The highest BCUT2D eigenvalue weighted by Crippen LogP contribution is 2.29. The largest absolute Gasteiger partial charge is 0.357 e. The molecule has 0 saturated carbocycles. The molecule has 0 atom stereocenters. The predicted molar refractivity (Wildman–Crippen MR) is 109 cm³/mol. The van der Waals surface area contributed by atoms with E-state index in [2.05, 4.69) is 26.2 Å². The lowest BCUT2D eigenvalue weighted by Gasteiger charge is -2.27. The van der Waals surface area contributed by atoms with Crippen molar-refractivity contribution in [2.24, 2.45) is 7.05 Å². The standard InChI is InChI=1S/C21H20N8/c1-27-13-17(12-24-27)18-14-29-21(16(9-22)11-25-29)20(26-18)15-5-6-19(23-10-15)28-7-3-2-4-8-28/h5-6,10-14H,2-4,7-8H2,1H3. The summed E-state index contributed by atoms with van der Waals surface area (Å²) >= 11 is 0. The second kappa shape index (κ2) is 7.02. The van der Waals surface area contributed by atoms with Crippen LogP contribution < -0.4 is 4.90 Å². The summed E-state index contributed by atoms with van der Waals surface area (Å²) < 4.78 is 3.45. The number of aryl methyl sites for hydroxylation is 1. The molecule has 1 saturated heterocycles. The number of hydrogen-bond donors (Lipinski definition) is 0. The molecule has 4 aromatic heterocycles. The fourth-order valence-electron chi connectivity index (χ4n) is 3.83. The van der Waals surface area contributed by atoms with E-state index < -0.39 is 0 Å². The van der Waals surface area contributed by atoms with E-state index in [1.807, 2.05) is 37.8 Å². The van der Waals surface area contributed by atoms with Crippen LogP contribution in [0.25, 0.3) is 28.0 Å². The zero-order valence-corrected chi connectivity index (χ0v) is 16.2. The van der Waals surface area contributed by atoms with Gasteiger partial charge >= 0.3 is 0 Å². The van der Waals surface area contributed by atoms with E-state index >= 15 is 0 Å². The van der Waals surface area contributed by atoms with E-state index in [1.54, 1.807) is 21.6 Å². The zero-order valence-electron chi connectivity index (χ0n) is 16.2. The highest BCUT2D eigenvalue weighted by Gasteiger charge is 2.17. The number of rotatable bonds is 3. The van der Waals surface area contributed by atoms with Gasteiger partial charge in [-0.3, -0.25) is 4.68 Å². The molecule has 0 aliphatic carbocycles. The molecule has 5 rings (SSSR count). The Bertz CT molecular complexity index is 1210. The molecule has 8 heteroatoms. The van der Waals surface area contributed by atoms with Crippen molar-refractivity contribution in [2.45, 2.75) is 19.3 Å².